The number of anilines is 1. The van der Waals surface area contributed by atoms with Crippen molar-refractivity contribution in [3.63, 3.8) is 0 Å². The van der Waals surface area contributed by atoms with Crippen LogP contribution in [-0.4, -0.2) is 79.8 Å². The quantitative estimate of drug-likeness (QED) is 0.559. The van der Waals surface area contributed by atoms with Crippen LogP contribution in [0.25, 0.3) is 0 Å². The number of hydrogen-bond donors (Lipinski definition) is 1. The molecular weight excluding hydrogens is 540 g/mol. The Kier molecular flexibility index (Phi) is 8.24. The third-order valence-corrected chi connectivity index (χ3v) is 10.5. The molecule has 1 aromatic heterocycles. The van der Waals surface area contributed by atoms with Crippen LogP contribution in [0.5, 0.6) is 0 Å². The molecule has 210 valence electrons. The van der Waals surface area contributed by atoms with E-state index in [1.807, 2.05) is 4.90 Å². The van der Waals surface area contributed by atoms with Gasteiger partial charge >= 0.3 is 6.09 Å². The number of thiophene rings is 1. The summed E-state index contributed by atoms with van der Waals surface area (Å²) >= 11 is 1.31. The number of rotatable bonds is 6. The number of hydrogen-bond acceptors (Lipinski definition) is 7. The third kappa shape index (κ3) is 5.68. The molecule has 2 saturated heterocycles. The molecule has 0 radical (unpaired) electrons. The zero-order chi connectivity index (χ0) is 27.6. The fourth-order valence-electron chi connectivity index (χ4n) is 5.37. The molecular formula is C27H34N4O6S2. The van der Waals surface area contributed by atoms with Gasteiger partial charge < -0.3 is 19.9 Å². The highest BCUT2D eigenvalue weighted by molar-refractivity contribution is 7.89. The molecule has 0 aliphatic carbocycles. The minimum Gasteiger partial charge on any atom is -0.450 e. The van der Waals surface area contributed by atoms with E-state index in [0.717, 1.165) is 42.5 Å². The van der Waals surface area contributed by atoms with Crippen LogP contribution in [-0.2, 0) is 27.7 Å². The standard InChI is InChI=1S/C27H34N4O6S2/c1-2-37-27(34)30-17-12-21-22(18-30)38-25(23(21)26(33)29-13-6-7-14-29)28-24(32)19-8-10-20(11-9-19)39(35,36)31-15-4-3-5-16-31/h8-11H,2-7,12-18H2,1H3,(H,28,32). The Balaban J connectivity index is 1.38. The number of carbonyl (C=O) groups is 3. The molecule has 0 atom stereocenters. The van der Waals surface area contributed by atoms with Crippen LogP contribution in [0.2, 0.25) is 0 Å². The fourth-order valence-corrected chi connectivity index (χ4v) is 8.14. The van der Waals surface area contributed by atoms with Crippen molar-refractivity contribution in [3.05, 3.63) is 45.8 Å². The minimum absolute atomic E-state index is 0.104. The van der Waals surface area contributed by atoms with E-state index in [9.17, 15) is 22.8 Å². The van der Waals surface area contributed by atoms with Gasteiger partial charge in [-0.2, -0.15) is 4.31 Å². The monoisotopic (exact) mass is 574 g/mol. The van der Waals surface area contributed by atoms with Crippen molar-refractivity contribution >= 4 is 44.3 Å². The molecule has 39 heavy (non-hydrogen) atoms. The first-order chi connectivity index (χ1) is 18.8. The van der Waals surface area contributed by atoms with Gasteiger partial charge in [-0.3, -0.25) is 9.59 Å². The van der Waals surface area contributed by atoms with Crippen LogP contribution >= 0.6 is 11.3 Å². The van der Waals surface area contributed by atoms with Crippen molar-refractivity contribution < 1.29 is 27.5 Å². The van der Waals surface area contributed by atoms with Crippen molar-refractivity contribution in [2.24, 2.45) is 0 Å². The SMILES string of the molecule is CCOC(=O)N1CCc2c(sc(NC(=O)c3ccc(S(=O)(=O)N4CCCCC4)cc3)c2C(=O)N2CCCC2)C1. The smallest absolute Gasteiger partial charge is 0.410 e. The van der Waals surface area contributed by atoms with Crippen molar-refractivity contribution in [1.29, 1.82) is 0 Å². The van der Waals surface area contributed by atoms with Crippen LogP contribution in [0.3, 0.4) is 0 Å². The Morgan fingerprint density at radius 2 is 1.59 bits per heavy atom. The fraction of sp³-hybridized carbons (Fsp3) is 0.519. The molecule has 10 nitrogen and oxygen atoms in total. The van der Waals surface area contributed by atoms with Gasteiger partial charge in [0.1, 0.15) is 5.00 Å². The van der Waals surface area contributed by atoms with Gasteiger partial charge in [0.2, 0.25) is 10.0 Å². The van der Waals surface area contributed by atoms with E-state index >= 15 is 0 Å². The second kappa shape index (κ2) is 11.6. The van der Waals surface area contributed by atoms with E-state index < -0.39 is 22.0 Å². The van der Waals surface area contributed by atoms with Crippen LogP contribution in [0, 0.1) is 0 Å². The number of ether oxygens (including phenoxy) is 1. The number of benzene rings is 1. The van der Waals surface area contributed by atoms with Gasteiger partial charge in [-0.15, -0.1) is 11.3 Å². The normalized spacial score (nSPS) is 18.1. The number of sulfonamides is 1. The first kappa shape index (κ1) is 27.6. The number of piperidine rings is 1. The Hall–Kier alpha value is -2.96. The van der Waals surface area contributed by atoms with Crippen LogP contribution in [0.1, 0.15) is 70.2 Å². The molecule has 3 aliphatic heterocycles. The molecule has 12 heteroatoms. The van der Waals surface area contributed by atoms with Gasteiger partial charge in [0.15, 0.2) is 0 Å². The maximum Gasteiger partial charge on any atom is 0.410 e. The second-order valence-electron chi connectivity index (χ2n) is 10.0. The molecule has 0 bridgehead atoms. The zero-order valence-electron chi connectivity index (χ0n) is 22.1. The van der Waals surface area contributed by atoms with Gasteiger partial charge in [-0.1, -0.05) is 6.42 Å². The average molecular weight is 575 g/mol. The van der Waals surface area contributed by atoms with Gasteiger partial charge in [-0.25, -0.2) is 13.2 Å². The van der Waals surface area contributed by atoms with Gasteiger partial charge in [0.05, 0.1) is 23.6 Å². The lowest BCUT2D eigenvalue weighted by molar-refractivity contribution is 0.0792. The van der Waals surface area contributed by atoms with Crippen LogP contribution in [0.15, 0.2) is 29.2 Å². The van der Waals surface area contributed by atoms with Crippen molar-refractivity contribution in [1.82, 2.24) is 14.1 Å². The number of likely N-dealkylation sites (tertiary alicyclic amines) is 1. The van der Waals surface area contributed by atoms with E-state index in [0.29, 0.717) is 61.8 Å². The maximum atomic E-state index is 13.5. The van der Waals surface area contributed by atoms with Crippen molar-refractivity contribution in [2.45, 2.75) is 56.9 Å². The average Bonchev–Trinajstić information content (AvgIpc) is 3.61. The van der Waals surface area contributed by atoms with Gasteiger partial charge in [0.25, 0.3) is 11.8 Å². The van der Waals surface area contributed by atoms with E-state index in [4.69, 9.17) is 4.74 Å². The van der Waals surface area contributed by atoms with Gasteiger partial charge in [-0.05, 0) is 68.9 Å². The topological polar surface area (TPSA) is 116 Å². The summed E-state index contributed by atoms with van der Waals surface area (Å²) in [4.78, 5) is 43.6. The van der Waals surface area contributed by atoms with Crippen LogP contribution in [0.4, 0.5) is 9.80 Å². The minimum atomic E-state index is -3.60. The molecule has 1 aromatic carbocycles. The third-order valence-electron chi connectivity index (χ3n) is 7.49. The van der Waals surface area contributed by atoms with E-state index in [1.165, 1.54) is 39.9 Å². The first-order valence-corrected chi connectivity index (χ1v) is 15.8. The Morgan fingerprint density at radius 3 is 2.26 bits per heavy atom. The summed E-state index contributed by atoms with van der Waals surface area (Å²) in [5, 5.41) is 3.37. The summed E-state index contributed by atoms with van der Waals surface area (Å²) in [6.07, 6.45) is 4.72. The Labute approximate surface area is 233 Å². The summed E-state index contributed by atoms with van der Waals surface area (Å²) in [5.74, 6) is -0.527. The lowest BCUT2D eigenvalue weighted by Gasteiger charge is -2.26. The van der Waals surface area contributed by atoms with Gasteiger partial charge in [0, 0.05) is 43.2 Å². The highest BCUT2D eigenvalue weighted by atomic mass is 32.2. The summed E-state index contributed by atoms with van der Waals surface area (Å²) in [5.41, 5.74) is 1.67. The molecule has 0 saturated carbocycles. The molecule has 3 amide bonds. The molecule has 5 rings (SSSR count). The highest BCUT2D eigenvalue weighted by Crippen LogP contribution is 2.39. The van der Waals surface area contributed by atoms with E-state index in [2.05, 4.69) is 5.32 Å². The number of amides is 3. The summed E-state index contributed by atoms with van der Waals surface area (Å²) in [6, 6.07) is 5.94. The van der Waals surface area contributed by atoms with Crippen molar-refractivity contribution in [3.8, 4) is 0 Å². The molecule has 3 aliphatic rings. The molecule has 2 aromatic rings. The number of carbonyl (C=O) groups excluding carboxylic acids is 3. The second-order valence-corrected chi connectivity index (χ2v) is 13.1. The summed E-state index contributed by atoms with van der Waals surface area (Å²) in [7, 11) is -3.60. The Bertz CT molecular complexity index is 1340. The maximum absolute atomic E-state index is 13.5. The predicted octanol–water partition coefficient (Wildman–Crippen LogP) is 3.93. The van der Waals surface area contributed by atoms with E-state index in [1.54, 1.807) is 11.8 Å². The summed E-state index contributed by atoms with van der Waals surface area (Å²) < 4.78 is 32.6. The zero-order valence-corrected chi connectivity index (χ0v) is 23.7. The molecule has 1 N–H and O–H groups in total. The molecule has 4 heterocycles. The first-order valence-electron chi connectivity index (χ1n) is 13.6. The van der Waals surface area contributed by atoms with Crippen LogP contribution < -0.4 is 5.32 Å². The predicted molar refractivity (Wildman–Crippen MR) is 148 cm³/mol. The summed E-state index contributed by atoms with van der Waals surface area (Å²) in [6.45, 7) is 5.17. The Morgan fingerprint density at radius 1 is 0.923 bits per heavy atom. The number of fused-ring (bicyclic) bond motifs is 1. The molecule has 0 spiro atoms. The largest absolute Gasteiger partial charge is 0.450 e. The highest BCUT2D eigenvalue weighted by Gasteiger charge is 2.33. The lowest BCUT2D eigenvalue weighted by atomic mass is 10.0. The molecule has 2 fully saturated rings. The van der Waals surface area contributed by atoms with E-state index in [-0.39, 0.29) is 17.4 Å². The lowest BCUT2D eigenvalue weighted by Crippen LogP contribution is -2.36. The molecule has 0 unspecified atom stereocenters. The number of nitrogens with one attached hydrogen (secondary N) is 1. The van der Waals surface area contributed by atoms with Crippen molar-refractivity contribution in [2.75, 3.05) is 44.6 Å². The number of nitrogens with zero attached hydrogens (tertiary/aromatic N) is 3.